The second kappa shape index (κ2) is 12.6. The van der Waals surface area contributed by atoms with E-state index in [-0.39, 0.29) is 0 Å². The van der Waals surface area contributed by atoms with Crippen LogP contribution >= 0.6 is 0 Å². The van der Waals surface area contributed by atoms with Gasteiger partial charge in [0.25, 0.3) is 0 Å². The summed E-state index contributed by atoms with van der Waals surface area (Å²) in [6.45, 7) is 11.7. The third-order valence-electron chi connectivity index (χ3n) is 4.21. The van der Waals surface area contributed by atoms with Crippen LogP contribution in [0.5, 0.6) is 0 Å². The number of nitrogens with one attached hydrogen (secondary N) is 1. The van der Waals surface area contributed by atoms with Gasteiger partial charge in [0.15, 0.2) is 5.96 Å². The van der Waals surface area contributed by atoms with Crippen molar-refractivity contribution in [3.63, 3.8) is 0 Å². The molecule has 1 aliphatic carbocycles. The van der Waals surface area contributed by atoms with Crippen molar-refractivity contribution in [2.45, 2.75) is 46.0 Å². The molecule has 23 heavy (non-hydrogen) atoms. The minimum absolute atomic E-state index is 0.786. The van der Waals surface area contributed by atoms with E-state index in [0.717, 1.165) is 44.6 Å². The zero-order valence-corrected chi connectivity index (χ0v) is 15.8. The molecule has 0 aromatic rings. The van der Waals surface area contributed by atoms with Crippen LogP contribution in [0.1, 0.15) is 46.0 Å². The first kappa shape index (κ1) is 20.2. The summed E-state index contributed by atoms with van der Waals surface area (Å²) in [5, 5.41) is 3.46. The largest absolute Gasteiger partial charge is 0.379 e. The Labute approximate surface area is 143 Å². The molecule has 0 unspecified atom stereocenters. The smallest absolute Gasteiger partial charge is 0.193 e. The summed E-state index contributed by atoms with van der Waals surface area (Å²) in [6, 6.07) is 0. The van der Waals surface area contributed by atoms with Gasteiger partial charge in [-0.3, -0.25) is 4.99 Å². The van der Waals surface area contributed by atoms with Gasteiger partial charge in [0.1, 0.15) is 0 Å². The minimum Gasteiger partial charge on any atom is -0.379 e. The topological polar surface area (TPSA) is 40.1 Å². The highest BCUT2D eigenvalue weighted by Crippen LogP contribution is 2.28. The Kier molecular flexibility index (Phi) is 11.1. The van der Waals surface area contributed by atoms with E-state index in [0.29, 0.717) is 0 Å². The summed E-state index contributed by atoms with van der Waals surface area (Å²) >= 11 is 0. The molecule has 0 bridgehead atoms. The van der Waals surface area contributed by atoms with Gasteiger partial charge in [0.05, 0.1) is 6.61 Å². The van der Waals surface area contributed by atoms with Gasteiger partial charge >= 0.3 is 0 Å². The molecule has 1 rings (SSSR count). The van der Waals surface area contributed by atoms with Crippen molar-refractivity contribution in [2.75, 3.05) is 60.0 Å². The molecule has 136 valence electrons. The van der Waals surface area contributed by atoms with Crippen molar-refractivity contribution in [3.05, 3.63) is 0 Å². The van der Waals surface area contributed by atoms with Crippen LogP contribution in [-0.2, 0) is 4.74 Å². The molecule has 0 radical (unpaired) electrons. The van der Waals surface area contributed by atoms with Crippen LogP contribution in [-0.4, -0.2) is 75.8 Å². The predicted molar refractivity (Wildman–Crippen MR) is 99.2 cm³/mol. The van der Waals surface area contributed by atoms with Gasteiger partial charge < -0.3 is 19.9 Å². The zero-order valence-electron chi connectivity index (χ0n) is 15.8. The Balaban J connectivity index is 2.11. The zero-order chi connectivity index (χ0) is 16.9. The first-order chi connectivity index (χ1) is 11.2. The standard InChI is InChI=1S/C18H38N4O/c1-5-11-22(12-6-2)13-7-10-20-18(19-3)21(4)14-15-23-16-17-8-9-17/h17H,5-16H2,1-4H3,(H,19,20). The van der Waals surface area contributed by atoms with Gasteiger partial charge in [-0.1, -0.05) is 13.8 Å². The molecule has 5 nitrogen and oxygen atoms in total. The van der Waals surface area contributed by atoms with E-state index in [2.05, 4.69) is 41.0 Å². The van der Waals surface area contributed by atoms with Crippen LogP contribution in [0.3, 0.4) is 0 Å². The summed E-state index contributed by atoms with van der Waals surface area (Å²) in [4.78, 5) is 9.08. The molecule has 1 saturated carbocycles. The van der Waals surface area contributed by atoms with E-state index < -0.39 is 0 Å². The van der Waals surface area contributed by atoms with Crippen LogP contribution in [0.25, 0.3) is 0 Å². The molecule has 1 fully saturated rings. The quantitative estimate of drug-likeness (QED) is 0.321. The molecule has 0 atom stereocenters. The molecule has 0 aromatic carbocycles. The van der Waals surface area contributed by atoms with Gasteiger partial charge in [-0.15, -0.1) is 0 Å². The van der Waals surface area contributed by atoms with Gasteiger partial charge in [-0.25, -0.2) is 0 Å². The molecule has 0 amide bonds. The predicted octanol–water partition coefficient (Wildman–Crippen LogP) is 2.43. The maximum absolute atomic E-state index is 5.70. The molecule has 5 heteroatoms. The summed E-state index contributed by atoms with van der Waals surface area (Å²) in [7, 11) is 3.93. The first-order valence-corrected chi connectivity index (χ1v) is 9.43. The van der Waals surface area contributed by atoms with Crippen LogP contribution < -0.4 is 5.32 Å². The number of ether oxygens (including phenoxy) is 1. The molecule has 1 aliphatic rings. The fourth-order valence-electron chi connectivity index (χ4n) is 2.70. The molecule has 0 aromatic heterocycles. The Morgan fingerprint density at radius 1 is 1.13 bits per heavy atom. The molecular weight excluding hydrogens is 288 g/mol. The fraction of sp³-hybridized carbons (Fsp3) is 0.944. The second-order valence-electron chi connectivity index (χ2n) is 6.61. The highest BCUT2D eigenvalue weighted by molar-refractivity contribution is 5.79. The normalized spacial score (nSPS) is 15.3. The Hall–Kier alpha value is -0.810. The lowest BCUT2D eigenvalue weighted by molar-refractivity contribution is 0.115. The maximum atomic E-state index is 5.70. The van der Waals surface area contributed by atoms with Crippen LogP contribution in [0, 0.1) is 5.92 Å². The van der Waals surface area contributed by atoms with Crippen molar-refractivity contribution in [2.24, 2.45) is 10.9 Å². The third-order valence-corrected chi connectivity index (χ3v) is 4.21. The van der Waals surface area contributed by atoms with Crippen LogP contribution in [0.15, 0.2) is 4.99 Å². The van der Waals surface area contributed by atoms with Crippen LogP contribution in [0.2, 0.25) is 0 Å². The monoisotopic (exact) mass is 326 g/mol. The minimum atomic E-state index is 0.786. The van der Waals surface area contributed by atoms with Crippen molar-refractivity contribution in [1.29, 1.82) is 0 Å². The number of hydrogen-bond donors (Lipinski definition) is 1. The second-order valence-corrected chi connectivity index (χ2v) is 6.61. The summed E-state index contributed by atoms with van der Waals surface area (Å²) < 4.78 is 5.70. The average molecular weight is 327 g/mol. The lowest BCUT2D eigenvalue weighted by Gasteiger charge is -2.24. The van der Waals surface area contributed by atoms with Gasteiger partial charge in [-0.2, -0.15) is 0 Å². The fourth-order valence-corrected chi connectivity index (χ4v) is 2.70. The summed E-state index contributed by atoms with van der Waals surface area (Å²) in [6.07, 6.45) is 6.33. The summed E-state index contributed by atoms with van der Waals surface area (Å²) in [5.74, 6) is 1.81. The third kappa shape index (κ3) is 9.82. The van der Waals surface area contributed by atoms with E-state index >= 15 is 0 Å². The van der Waals surface area contributed by atoms with Gasteiger partial charge in [0.2, 0.25) is 0 Å². The van der Waals surface area contributed by atoms with Gasteiger partial charge in [-0.05, 0) is 57.7 Å². The highest BCUT2D eigenvalue weighted by atomic mass is 16.5. The number of rotatable bonds is 13. The van der Waals surface area contributed by atoms with Crippen molar-refractivity contribution >= 4 is 5.96 Å². The first-order valence-electron chi connectivity index (χ1n) is 9.43. The van der Waals surface area contributed by atoms with E-state index in [1.54, 1.807) is 0 Å². The lowest BCUT2D eigenvalue weighted by atomic mass is 10.3. The Bertz CT molecular complexity index is 312. The SMILES string of the molecule is CCCN(CCC)CCCNC(=NC)N(C)CCOCC1CC1. The maximum Gasteiger partial charge on any atom is 0.193 e. The number of likely N-dealkylation sites (N-methyl/N-ethyl adjacent to an activating group) is 1. The number of hydrogen-bond acceptors (Lipinski definition) is 3. The average Bonchev–Trinajstić information content (AvgIpc) is 3.36. The lowest BCUT2D eigenvalue weighted by Crippen LogP contribution is -2.41. The highest BCUT2D eigenvalue weighted by Gasteiger charge is 2.21. The molecule has 0 spiro atoms. The van der Waals surface area contributed by atoms with E-state index in [9.17, 15) is 0 Å². The number of aliphatic imine (C=N–C) groups is 1. The Morgan fingerprint density at radius 2 is 1.83 bits per heavy atom. The van der Waals surface area contributed by atoms with Crippen molar-refractivity contribution < 1.29 is 4.74 Å². The molecular formula is C18H38N4O. The molecule has 0 saturated heterocycles. The van der Waals surface area contributed by atoms with Crippen LogP contribution in [0.4, 0.5) is 0 Å². The van der Waals surface area contributed by atoms with Crippen molar-refractivity contribution in [1.82, 2.24) is 15.1 Å². The van der Waals surface area contributed by atoms with Gasteiger partial charge in [0, 0.05) is 33.8 Å². The Morgan fingerprint density at radius 3 is 2.39 bits per heavy atom. The number of guanidine groups is 1. The number of nitrogens with zero attached hydrogens (tertiary/aromatic N) is 3. The molecule has 1 N–H and O–H groups in total. The molecule has 0 heterocycles. The summed E-state index contributed by atoms with van der Waals surface area (Å²) in [5.41, 5.74) is 0. The van der Waals surface area contributed by atoms with E-state index in [4.69, 9.17) is 4.74 Å². The van der Waals surface area contributed by atoms with Crippen molar-refractivity contribution in [3.8, 4) is 0 Å². The van der Waals surface area contributed by atoms with E-state index in [1.807, 2.05) is 7.05 Å². The molecule has 0 aliphatic heterocycles. The van der Waals surface area contributed by atoms with E-state index in [1.165, 1.54) is 45.3 Å².